The van der Waals surface area contributed by atoms with Crippen LogP contribution in [0.3, 0.4) is 0 Å². The standard InChI is InChI=1S/C22H23N3O2/c1-4-27-20-8-6-5-7-19(20)25-21-14-17(11-12-23-21)22(26)24-18-10-9-15(2)16(3)13-18/h5-14H,4H2,1-3H3,(H,23,25)(H,24,26). The topological polar surface area (TPSA) is 63.2 Å². The fourth-order valence-electron chi connectivity index (χ4n) is 2.65. The highest BCUT2D eigenvalue weighted by atomic mass is 16.5. The van der Waals surface area contributed by atoms with Gasteiger partial charge in [-0.3, -0.25) is 4.79 Å². The summed E-state index contributed by atoms with van der Waals surface area (Å²) in [6.45, 7) is 6.58. The van der Waals surface area contributed by atoms with E-state index in [4.69, 9.17) is 4.74 Å². The largest absolute Gasteiger partial charge is 0.492 e. The summed E-state index contributed by atoms with van der Waals surface area (Å²) in [5.41, 5.74) is 4.43. The van der Waals surface area contributed by atoms with E-state index in [0.29, 0.717) is 18.0 Å². The predicted octanol–water partition coefficient (Wildman–Crippen LogP) is 5.09. The van der Waals surface area contributed by atoms with Crippen molar-refractivity contribution in [3.63, 3.8) is 0 Å². The molecule has 0 fully saturated rings. The van der Waals surface area contributed by atoms with E-state index >= 15 is 0 Å². The van der Waals surface area contributed by atoms with Crippen LogP contribution in [0.25, 0.3) is 0 Å². The Morgan fingerprint density at radius 3 is 2.63 bits per heavy atom. The van der Waals surface area contributed by atoms with Crippen LogP contribution in [0.2, 0.25) is 0 Å². The molecule has 5 nitrogen and oxygen atoms in total. The van der Waals surface area contributed by atoms with E-state index in [2.05, 4.69) is 15.6 Å². The van der Waals surface area contributed by atoms with Crippen molar-refractivity contribution >= 4 is 23.1 Å². The maximum Gasteiger partial charge on any atom is 0.255 e. The van der Waals surface area contributed by atoms with Crippen molar-refractivity contribution in [2.75, 3.05) is 17.2 Å². The number of ether oxygens (including phenoxy) is 1. The normalized spacial score (nSPS) is 10.3. The lowest BCUT2D eigenvalue weighted by Gasteiger charge is -2.12. The van der Waals surface area contributed by atoms with Gasteiger partial charge in [0.1, 0.15) is 11.6 Å². The molecular weight excluding hydrogens is 338 g/mol. The third-order valence-electron chi connectivity index (χ3n) is 4.24. The van der Waals surface area contributed by atoms with Crippen molar-refractivity contribution in [2.24, 2.45) is 0 Å². The Hall–Kier alpha value is -3.34. The second kappa shape index (κ2) is 8.36. The van der Waals surface area contributed by atoms with E-state index in [-0.39, 0.29) is 5.91 Å². The van der Waals surface area contributed by atoms with Gasteiger partial charge in [0.25, 0.3) is 5.91 Å². The van der Waals surface area contributed by atoms with Crippen LogP contribution in [-0.4, -0.2) is 17.5 Å². The number of para-hydroxylation sites is 2. The summed E-state index contributed by atoms with van der Waals surface area (Å²) < 4.78 is 5.62. The number of carbonyl (C=O) groups is 1. The molecule has 0 atom stereocenters. The van der Waals surface area contributed by atoms with Crippen molar-refractivity contribution in [3.05, 3.63) is 77.5 Å². The number of hydrogen-bond acceptors (Lipinski definition) is 4. The quantitative estimate of drug-likeness (QED) is 0.642. The molecule has 0 spiro atoms. The molecule has 0 aliphatic heterocycles. The van der Waals surface area contributed by atoms with Crippen molar-refractivity contribution in [3.8, 4) is 5.75 Å². The average Bonchev–Trinajstić information content (AvgIpc) is 2.67. The van der Waals surface area contributed by atoms with Crippen molar-refractivity contribution in [2.45, 2.75) is 20.8 Å². The molecule has 1 heterocycles. The number of aromatic nitrogens is 1. The second-order valence-electron chi connectivity index (χ2n) is 6.24. The number of rotatable bonds is 6. The van der Waals surface area contributed by atoms with E-state index in [1.54, 1.807) is 18.3 Å². The average molecular weight is 361 g/mol. The molecule has 3 aromatic rings. The highest BCUT2D eigenvalue weighted by Crippen LogP contribution is 2.27. The van der Waals surface area contributed by atoms with Crippen LogP contribution >= 0.6 is 0 Å². The summed E-state index contributed by atoms with van der Waals surface area (Å²) in [5.74, 6) is 1.14. The Bertz CT molecular complexity index is 954. The van der Waals surface area contributed by atoms with Gasteiger partial charge in [0.15, 0.2) is 0 Å². The molecule has 1 amide bonds. The summed E-state index contributed by atoms with van der Waals surface area (Å²) in [6, 6.07) is 16.9. The van der Waals surface area contributed by atoms with Crippen molar-refractivity contribution in [1.29, 1.82) is 0 Å². The maximum atomic E-state index is 12.6. The van der Waals surface area contributed by atoms with E-state index in [1.165, 1.54) is 5.56 Å². The first kappa shape index (κ1) is 18.5. The van der Waals surface area contributed by atoms with Gasteiger partial charge >= 0.3 is 0 Å². The lowest BCUT2D eigenvalue weighted by Crippen LogP contribution is -2.12. The molecule has 27 heavy (non-hydrogen) atoms. The van der Waals surface area contributed by atoms with Crippen LogP contribution in [0.15, 0.2) is 60.8 Å². The number of anilines is 3. The lowest BCUT2D eigenvalue weighted by molar-refractivity contribution is 0.102. The van der Waals surface area contributed by atoms with Gasteiger partial charge in [-0.05, 0) is 68.3 Å². The minimum Gasteiger partial charge on any atom is -0.492 e. The van der Waals surface area contributed by atoms with Crippen molar-refractivity contribution < 1.29 is 9.53 Å². The molecule has 0 aliphatic rings. The number of aryl methyl sites for hydroxylation is 2. The van der Waals surface area contributed by atoms with Crippen LogP contribution in [0.5, 0.6) is 5.75 Å². The summed E-state index contributed by atoms with van der Waals surface area (Å²) in [6.07, 6.45) is 1.61. The predicted molar refractivity (Wildman–Crippen MR) is 109 cm³/mol. The van der Waals surface area contributed by atoms with Crippen LogP contribution in [-0.2, 0) is 0 Å². The Balaban J connectivity index is 1.77. The first-order valence-corrected chi connectivity index (χ1v) is 8.90. The SMILES string of the molecule is CCOc1ccccc1Nc1cc(C(=O)Nc2ccc(C)c(C)c2)ccn1. The highest BCUT2D eigenvalue weighted by Gasteiger charge is 2.10. The zero-order valence-electron chi connectivity index (χ0n) is 15.7. The summed E-state index contributed by atoms with van der Waals surface area (Å²) >= 11 is 0. The van der Waals surface area contributed by atoms with Gasteiger partial charge in [0.05, 0.1) is 12.3 Å². The molecule has 0 bridgehead atoms. The van der Waals surface area contributed by atoms with Crippen LogP contribution in [0, 0.1) is 13.8 Å². The molecule has 0 saturated heterocycles. The molecule has 0 unspecified atom stereocenters. The number of benzene rings is 2. The molecule has 3 rings (SSSR count). The van der Waals surface area contributed by atoms with Crippen LogP contribution in [0.1, 0.15) is 28.4 Å². The van der Waals surface area contributed by atoms with Crippen LogP contribution in [0.4, 0.5) is 17.2 Å². The molecular formula is C22H23N3O2. The monoisotopic (exact) mass is 361 g/mol. The Kier molecular flexibility index (Phi) is 5.71. The first-order chi connectivity index (χ1) is 13.1. The Morgan fingerprint density at radius 1 is 1.04 bits per heavy atom. The van der Waals surface area contributed by atoms with Gasteiger partial charge in [0.2, 0.25) is 0 Å². The van der Waals surface area contributed by atoms with Crippen molar-refractivity contribution in [1.82, 2.24) is 4.98 Å². The number of nitrogens with zero attached hydrogens (tertiary/aromatic N) is 1. The summed E-state index contributed by atoms with van der Waals surface area (Å²) in [5, 5.41) is 6.15. The molecule has 2 N–H and O–H groups in total. The van der Waals surface area contributed by atoms with Gasteiger partial charge in [-0.15, -0.1) is 0 Å². The molecule has 138 valence electrons. The summed E-state index contributed by atoms with van der Waals surface area (Å²) in [7, 11) is 0. The minimum absolute atomic E-state index is 0.179. The van der Waals surface area contributed by atoms with Gasteiger partial charge in [-0.2, -0.15) is 0 Å². The van der Waals surface area contributed by atoms with Gasteiger partial charge in [0, 0.05) is 17.4 Å². The fourth-order valence-corrected chi connectivity index (χ4v) is 2.65. The van der Waals surface area contributed by atoms with Gasteiger partial charge in [-0.1, -0.05) is 18.2 Å². The fraction of sp³-hybridized carbons (Fsp3) is 0.182. The van der Waals surface area contributed by atoms with E-state index < -0.39 is 0 Å². The number of hydrogen-bond donors (Lipinski definition) is 2. The summed E-state index contributed by atoms with van der Waals surface area (Å²) in [4.78, 5) is 16.9. The third kappa shape index (κ3) is 4.64. The maximum absolute atomic E-state index is 12.6. The molecule has 0 aliphatic carbocycles. The van der Waals surface area contributed by atoms with Gasteiger partial charge in [-0.25, -0.2) is 4.98 Å². The van der Waals surface area contributed by atoms with E-state index in [9.17, 15) is 4.79 Å². The number of carbonyl (C=O) groups excluding carboxylic acids is 1. The minimum atomic E-state index is -0.179. The zero-order chi connectivity index (χ0) is 19.2. The first-order valence-electron chi connectivity index (χ1n) is 8.90. The Morgan fingerprint density at radius 2 is 1.85 bits per heavy atom. The molecule has 5 heteroatoms. The van der Waals surface area contributed by atoms with E-state index in [1.807, 2.05) is 63.2 Å². The molecule has 2 aromatic carbocycles. The second-order valence-corrected chi connectivity index (χ2v) is 6.24. The molecule has 0 saturated carbocycles. The van der Waals surface area contributed by atoms with E-state index in [0.717, 1.165) is 22.7 Å². The molecule has 0 radical (unpaired) electrons. The number of amides is 1. The van der Waals surface area contributed by atoms with Gasteiger partial charge < -0.3 is 15.4 Å². The smallest absolute Gasteiger partial charge is 0.255 e. The molecule has 1 aromatic heterocycles. The highest BCUT2D eigenvalue weighted by molar-refractivity contribution is 6.04. The van der Waals surface area contributed by atoms with Crippen LogP contribution < -0.4 is 15.4 Å². The number of pyridine rings is 1. The number of nitrogens with one attached hydrogen (secondary N) is 2. The lowest BCUT2D eigenvalue weighted by atomic mass is 10.1. The Labute approximate surface area is 159 Å². The zero-order valence-corrected chi connectivity index (χ0v) is 15.7. The third-order valence-corrected chi connectivity index (χ3v) is 4.24.